The molecule has 1 unspecified atom stereocenters. The van der Waals surface area contributed by atoms with E-state index in [-0.39, 0.29) is 36.2 Å². The number of piperidine rings is 1. The molecule has 3 amide bonds. The van der Waals surface area contributed by atoms with E-state index in [9.17, 15) is 14.4 Å². The molecule has 1 aromatic rings. The number of para-hydroxylation sites is 2. The molecule has 3 aliphatic heterocycles. The summed E-state index contributed by atoms with van der Waals surface area (Å²) in [5.74, 6) is 0.252. The summed E-state index contributed by atoms with van der Waals surface area (Å²) in [6, 6.07) is 7.82. The van der Waals surface area contributed by atoms with Crippen LogP contribution in [-0.2, 0) is 14.4 Å². The van der Waals surface area contributed by atoms with E-state index in [2.05, 4.69) is 21.2 Å². The zero-order valence-electron chi connectivity index (χ0n) is 20.7. The molecule has 4 rings (SSSR count). The minimum Gasteiger partial charge on any atom is -0.367 e. The average molecular weight is 470 g/mol. The SMILES string of the molecule is CC(C)C(=O)Nc1ccccc1N1CCN(CCCCN2CC(=O)N3CCCCC3C2=O)CC1. The third kappa shape index (κ3) is 5.71. The van der Waals surface area contributed by atoms with Gasteiger partial charge in [0.15, 0.2) is 0 Å². The summed E-state index contributed by atoms with van der Waals surface area (Å²) in [5.41, 5.74) is 1.97. The summed E-state index contributed by atoms with van der Waals surface area (Å²) in [7, 11) is 0. The fraction of sp³-hybridized carbons (Fsp3) is 0.654. The number of unbranched alkanes of at least 4 members (excludes halogenated alkanes) is 1. The van der Waals surface area contributed by atoms with Crippen molar-refractivity contribution in [3.05, 3.63) is 24.3 Å². The highest BCUT2D eigenvalue weighted by Gasteiger charge is 2.39. The van der Waals surface area contributed by atoms with Crippen LogP contribution in [0.3, 0.4) is 0 Å². The van der Waals surface area contributed by atoms with Gasteiger partial charge in [0.05, 0.1) is 17.9 Å². The van der Waals surface area contributed by atoms with E-state index >= 15 is 0 Å². The molecule has 0 spiro atoms. The Kier molecular flexibility index (Phi) is 8.08. The van der Waals surface area contributed by atoms with Gasteiger partial charge in [-0.2, -0.15) is 0 Å². The number of amides is 3. The molecule has 0 bridgehead atoms. The van der Waals surface area contributed by atoms with Gasteiger partial charge in [-0.3, -0.25) is 19.3 Å². The first kappa shape index (κ1) is 24.5. The zero-order valence-corrected chi connectivity index (χ0v) is 20.7. The van der Waals surface area contributed by atoms with Crippen LogP contribution in [0.1, 0.15) is 46.0 Å². The molecule has 3 saturated heterocycles. The number of carbonyl (C=O) groups excluding carboxylic acids is 3. The Hall–Kier alpha value is -2.61. The molecule has 8 nitrogen and oxygen atoms in total. The molecule has 0 aromatic heterocycles. The number of piperazine rings is 2. The van der Waals surface area contributed by atoms with E-state index in [0.717, 1.165) is 82.7 Å². The number of fused-ring (bicyclic) bond motifs is 1. The van der Waals surface area contributed by atoms with Crippen molar-refractivity contribution in [3.8, 4) is 0 Å². The number of benzene rings is 1. The number of hydrogen-bond acceptors (Lipinski definition) is 5. The molecule has 1 N–H and O–H groups in total. The van der Waals surface area contributed by atoms with Crippen molar-refractivity contribution in [2.75, 3.05) is 62.6 Å². The summed E-state index contributed by atoms with van der Waals surface area (Å²) >= 11 is 0. The van der Waals surface area contributed by atoms with Crippen molar-refractivity contribution in [3.63, 3.8) is 0 Å². The van der Waals surface area contributed by atoms with Crippen LogP contribution in [0.2, 0.25) is 0 Å². The molecular weight excluding hydrogens is 430 g/mol. The zero-order chi connectivity index (χ0) is 24.1. The van der Waals surface area contributed by atoms with Crippen LogP contribution in [0.4, 0.5) is 11.4 Å². The summed E-state index contributed by atoms with van der Waals surface area (Å²) in [4.78, 5) is 45.8. The van der Waals surface area contributed by atoms with E-state index in [1.807, 2.05) is 32.0 Å². The lowest BCUT2D eigenvalue weighted by Crippen LogP contribution is -2.61. The standard InChI is InChI=1S/C26H39N5O3/c1-20(2)25(33)27-21-9-3-4-10-22(21)29-17-15-28(16-18-29)12-7-8-13-30-19-24(32)31-14-6-5-11-23(31)26(30)34/h3-4,9-10,20,23H,5-8,11-19H2,1-2H3,(H,27,33). The van der Waals surface area contributed by atoms with Gasteiger partial charge in [0.1, 0.15) is 6.04 Å². The van der Waals surface area contributed by atoms with Crippen LogP contribution in [0.5, 0.6) is 0 Å². The van der Waals surface area contributed by atoms with Gasteiger partial charge in [-0.25, -0.2) is 0 Å². The minimum absolute atomic E-state index is 0.0381. The fourth-order valence-corrected chi connectivity index (χ4v) is 5.20. The highest BCUT2D eigenvalue weighted by molar-refractivity contribution is 5.96. The Bertz CT molecular complexity index is 881. The van der Waals surface area contributed by atoms with E-state index in [1.54, 1.807) is 9.80 Å². The van der Waals surface area contributed by atoms with Gasteiger partial charge < -0.3 is 20.0 Å². The summed E-state index contributed by atoms with van der Waals surface area (Å²) in [6.45, 7) is 10.3. The average Bonchev–Trinajstić information content (AvgIpc) is 2.85. The first-order chi connectivity index (χ1) is 16.4. The quantitative estimate of drug-likeness (QED) is 0.592. The lowest BCUT2D eigenvalue weighted by molar-refractivity contribution is -0.157. The number of anilines is 2. The summed E-state index contributed by atoms with van der Waals surface area (Å²) < 4.78 is 0. The van der Waals surface area contributed by atoms with Crippen LogP contribution < -0.4 is 10.2 Å². The van der Waals surface area contributed by atoms with Gasteiger partial charge in [0.25, 0.3) is 0 Å². The van der Waals surface area contributed by atoms with Gasteiger partial charge in [0, 0.05) is 45.2 Å². The lowest BCUT2D eigenvalue weighted by Gasteiger charge is -2.42. The van der Waals surface area contributed by atoms with E-state index < -0.39 is 0 Å². The summed E-state index contributed by atoms with van der Waals surface area (Å²) in [5, 5.41) is 3.06. The lowest BCUT2D eigenvalue weighted by atomic mass is 9.98. The van der Waals surface area contributed by atoms with Crippen LogP contribution in [0.15, 0.2) is 24.3 Å². The highest BCUT2D eigenvalue weighted by Crippen LogP contribution is 2.27. The normalized spacial score (nSPS) is 21.7. The third-order valence-electron chi connectivity index (χ3n) is 7.30. The molecule has 34 heavy (non-hydrogen) atoms. The van der Waals surface area contributed by atoms with Crippen LogP contribution in [0.25, 0.3) is 0 Å². The van der Waals surface area contributed by atoms with Gasteiger partial charge in [-0.05, 0) is 50.8 Å². The van der Waals surface area contributed by atoms with Crippen molar-refractivity contribution in [1.29, 1.82) is 0 Å². The maximum atomic E-state index is 12.8. The second kappa shape index (κ2) is 11.2. The molecule has 0 saturated carbocycles. The fourth-order valence-electron chi connectivity index (χ4n) is 5.20. The molecule has 3 fully saturated rings. The Morgan fingerprint density at radius 2 is 1.74 bits per heavy atom. The number of carbonyl (C=O) groups is 3. The van der Waals surface area contributed by atoms with E-state index in [1.165, 1.54) is 0 Å². The van der Waals surface area contributed by atoms with Crippen molar-refractivity contribution >= 4 is 29.1 Å². The largest absolute Gasteiger partial charge is 0.367 e. The Morgan fingerprint density at radius 1 is 1.00 bits per heavy atom. The Morgan fingerprint density at radius 3 is 2.50 bits per heavy atom. The number of rotatable bonds is 8. The van der Waals surface area contributed by atoms with Crippen molar-refractivity contribution in [2.24, 2.45) is 5.92 Å². The van der Waals surface area contributed by atoms with Crippen molar-refractivity contribution in [1.82, 2.24) is 14.7 Å². The molecule has 1 atom stereocenters. The molecule has 3 aliphatic rings. The molecule has 8 heteroatoms. The minimum atomic E-state index is -0.212. The predicted octanol–water partition coefficient (Wildman–Crippen LogP) is 2.41. The van der Waals surface area contributed by atoms with Crippen LogP contribution >= 0.6 is 0 Å². The van der Waals surface area contributed by atoms with Crippen molar-refractivity contribution in [2.45, 2.75) is 52.0 Å². The molecule has 186 valence electrons. The monoisotopic (exact) mass is 469 g/mol. The molecule has 0 radical (unpaired) electrons. The highest BCUT2D eigenvalue weighted by atomic mass is 16.2. The predicted molar refractivity (Wildman–Crippen MR) is 134 cm³/mol. The smallest absolute Gasteiger partial charge is 0.245 e. The molecular formula is C26H39N5O3. The first-order valence-electron chi connectivity index (χ1n) is 12.9. The van der Waals surface area contributed by atoms with Gasteiger partial charge in [-0.1, -0.05) is 26.0 Å². The Balaban J connectivity index is 1.20. The number of nitrogens with zero attached hydrogens (tertiary/aromatic N) is 4. The third-order valence-corrected chi connectivity index (χ3v) is 7.30. The van der Waals surface area contributed by atoms with Crippen LogP contribution in [0, 0.1) is 5.92 Å². The van der Waals surface area contributed by atoms with E-state index in [0.29, 0.717) is 6.54 Å². The van der Waals surface area contributed by atoms with Crippen molar-refractivity contribution < 1.29 is 14.4 Å². The van der Waals surface area contributed by atoms with Gasteiger partial charge in [0.2, 0.25) is 17.7 Å². The topological polar surface area (TPSA) is 76.2 Å². The van der Waals surface area contributed by atoms with Crippen LogP contribution in [-0.4, -0.2) is 90.8 Å². The second-order valence-electron chi connectivity index (χ2n) is 10.1. The number of hydrogen-bond donors (Lipinski definition) is 1. The summed E-state index contributed by atoms with van der Waals surface area (Å²) in [6.07, 6.45) is 4.81. The second-order valence-corrected chi connectivity index (χ2v) is 10.1. The first-order valence-corrected chi connectivity index (χ1v) is 12.9. The molecule has 3 heterocycles. The van der Waals surface area contributed by atoms with Gasteiger partial charge in [-0.15, -0.1) is 0 Å². The Labute approximate surface area is 203 Å². The maximum Gasteiger partial charge on any atom is 0.245 e. The maximum absolute atomic E-state index is 12.8. The van der Waals surface area contributed by atoms with Gasteiger partial charge >= 0.3 is 0 Å². The van der Waals surface area contributed by atoms with E-state index in [4.69, 9.17) is 0 Å². The molecule has 0 aliphatic carbocycles. The number of nitrogens with one attached hydrogen (secondary N) is 1. The molecule has 1 aromatic carbocycles.